The molecular weight excluding hydrogens is 548 g/mol. The smallest absolute Gasteiger partial charge is 0.247 e. The minimum atomic E-state index is -0.0613. The average Bonchev–Trinajstić information content (AvgIpc) is 3.39. The van der Waals surface area contributed by atoms with Crippen LogP contribution in [-0.2, 0) is 0 Å². The molecule has 0 amide bonds. The van der Waals surface area contributed by atoms with Crippen LogP contribution < -0.4 is 9.75 Å². The molecule has 5 aromatic rings. The van der Waals surface area contributed by atoms with E-state index in [-0.39, 0.29) is 6.04 Å². The fourth-order valence-corrected chi connectivity index (χ4v) is 5.16. The van der Waals surface area contributed by atoms with E-state index in [4.69, 9.17) is 31.4 Å². The van der Waals surface area contributed by atoms with Crippen LogP contribution in [0, 0.1) is 0 Å². The molecule has 0 radical (unpaired) electrons. The molecule has 0 saturated carbocycles. The van der Waals surface area contributed by atoms with Gasteiger partial charge in [-0.15, -0.1) is 0 Å². The van der Waals surface area contributed by atoms with Crippen LogP contribution in [-0.4, -0.2) is 22.8 Å². The highest BCUT2D eigenvalue weighted by molar-refractivity contribution is 9.10. The molecule has 0 fully saturated rings. The topological polar surface area (TPSA) is 50.6 Å². The lowest BCUT2D eigenvalue weighted by atomic mass is 9.98. The van der Waals surface area contributed by atoms with Gasteiger partial charge in [0.05, 0.1) is 30.1 Å². The van der Waals surface area contributed by atoms with Crippen LogP contribution in [0.15, 0.2) is 107 Å². The zero-order valence-electron chi connectivity index (χ0n) is 20.0. The van der Waals surface area contributed by atoms with E-state index in [9.17, 15) is 0 Å². The van der Waals surface area contributed by atoms with Gasteiger partial charge in [0.15, 0.2) is 0 Å². The standard InChI is InChI=1S/C30H22BrClN4O/c1-37-24-15-11-19(12-16-24)27-18-28(21-5-4-6-22(31)17-21)36(35-27)30-33-26-8-3-2-7-25(26)29(34-30)20-9-13-23(32)14-10-20/h2-17,28H,18H2,1H3/t28-/m1/s1. The number of fused-ring (bicyclic) bond motifs is 1. The monoisotopic (exact) mass is 568 g/mol. The van der Waals surface area contributed by atoms with E-state index in [1.807, 2.05) is 89.9 Å². The molecule has 37 heavy (non-hydrogen) atoms. The number of hydrogen-bond acceptors (Lipinski definition) is 5. The van der Waals surface area contributed by atoms with Crippen LogP contribution in [0.2, 0.25) is 5.02 Å². The Morgan fingerprint density at radius 1 is 0.865 bits per heavy atom. The maximum atomic E-state index is 6.17. The summed E-state index contributed by atoms with van der Waals surface area (Å²) in [4.78, 5) is 10.0. The van der Waals surface area contributed by atoms with Gasteiger partial charge in [-0.05, 0) is 65.7 Å². The molecule has 6 rings (SSSR count). The Morgan fingerprint density at radius 3 is 2.38 bits per heavy atom. The second-order valence-electron chi connectivity index (χ2n) is 8.79. The molecule has 2 heterocycles. The largest absolute Gasteiger partial charge is 0.497 e. The van der Waals surface area contributed by atoms with Gasteiger partial charge in [-0.2, -0.15) is 5.10 Å². The summed E-state index contributed by atoms with van der Waals surface area (Å²) in [7, 11) is 1.67. The van der Waals surface area contributed by atoms with Crippen molar-refractivity contribution >= 4 is 50.1 Å². The van der Waals surface area contributed by atoms with Crippen molar-refractivity contribution in [1.82, 2.24) is 9.97 Å². The third kappa shape index (κ3) is 4.70. The number of para-hydroxylation sites is 1. The molecule has 0 N–H and O–H groups in total. The van der Waals surface area contributed by atoms with Crippen LogP contribution in [0.1, 0.15) is 23.6 Å². The van der Waals surface area contributed by atoms with E-state index in [1.54, 1.807) is 7.11 Å². The molecule has 0 spiro atoms. The third-order valence-electron chi connectivity index (χ3n) is 6.48. The first-order valence-electron chi connectivity index (χ1n) is 11.9. The fourth-order valence-electron chi connectivity index (χ4n) is 4.62. The number of rotatable bonds is 5. The summed E-state index contributed by atoms with van der Waals surface area (Å²) >= 11 is 9.80. The summed E-state index contributed by atoms with van der Waals surface area (Å²) in [5, 5.41) is 8.69. The molecule has 7 heteroatoms. The van der Waals surface area contributed by atoms with Crippen LogP contribution in [0.5, 0.6) is 5.75 Å². The Morgan fingerprint density at radius 2 is 1.62 bits per heavy atom. The molecule has 0 unspecified atom stereocenters. The van der Waals surface area contributed by atoms with Crippen molar-refractivity contribution in [3.63, 3.8) is 0 Å². The number of hydrogen-bond donors (Lipinski definition) is 0. The molecule has 1 atom stereocenters. The van der Waals surface area contributed by atoms with Crippen molar-refractivity contribution in [2.45, 2.75) is 12.5 Å². The fraction of sp³-hybridized carbons (Fsp3) is 0.100. The minimum absolute atomic E-state index is 0.0613. The van der Waals surface area contributed by atoms with Crippen LogP contribution >= 0.6 is 27.5 Å². The first-order valence-corrected chi connectivity index (χ1v) is 13.1. The number of aromatic nitrogens is 2. The SMILES string of the molecule is COc1ccc(C2=NN(c3nc(-c4ccc(Cl)cc4)c4ccccc4n3)[C@@H](c3cccc(Br)c3)C2)cc1. The molecule has 182 valence electrons. The van der Waals surface area contributed by atoms with Gasteiger partial charge < -0.3 is 4.74 Å². The summed E-state index contributed by atoms with van der Waals surface area (Å²) in [6.07, 6.45) is 0.718. The number of ether oxygens (including phenoxy) is 1. The highest BCUT2D eigenvalue weighted by Crippen LogP contribution is 2.38. The van der Waals surface area contributed by atoms with Gasteiger partial charge in [0.1, 0.15) is 5.75 Å². The van der Waals surface area contributed by atoms with Crippen LogP contribution in [0.4, 0.5) is 5.95 Å². The molecular formula is C30H22BrClN4O. The lowest BCUT2D eigenvalue weighted by Crippen LogP contribution is -2.21. The van der Waals surface area contributed by atoms with Crippen molar-refractivity contribution in [2.75, 3.05) is 12.1 Å². The highest BCUT2D eigenvalue weighted by Gasteiger charge is 2.32. The van der Waals surface area contributed by atoms with E-state index < -0.39 is 0 Å². The van der Waals surface area contributed by atoms with Crippen molar-refractivity contribution in [1.29, 1.82) is 0 Å². The van der Waals surface area contributed by atoms with Crippen molar-refractivity contribution in [3.05, 3.63) is 118 Å². The lowest BCUT2D eigenvalue weighted by Gasteiger charge is -2.23. The van der Waals surface area contributed by atoms with Gasteiger partial charge in [0, 0.05) is 26.9 Å². The van der Waals surface area contributed by atoms with Crippen molar-refractivity contribution in [2.24, 2.45) is 5.10 Å². The van der Waals surface area contributed by atoms with Gasteiger partial charge in [0.2, 0.25) is 5.95 Å². The average molecular weight is 570 g/mol. The predicted octanol–water partition coefficient (Wildman–Crippen LogP) is 8.08. The number of anilines is 1. The summed E-state index contributed by atoms with van der Waals surface area (Å²) in [5.41, 5.74) is 5.82. The Hall–Kier alpha value is -3.74. The summed E-state index contributed by atoms with van der Waals surface area (Å²) in [6.45, 7) is 0. The first kappa shape index (κ1) is 23.6. The van der Waals surface area contributed by atoms with Gasteiger partial charge >= 0.3 is 0 Å². The summed E-state index contributed by atoms with van der Waals surface area (Å²) in [5.74, 6) is 1.37. The zero-order chi connectivity index (χ0) is 25.4. The van der Waals surface area contributed by atoms with Crippen molar-refractivity contribution < 1.29 is 4.74 Å². The first-order chi connectivity index (χ1) is 18.1. The molecule has 1 aliphatic heterocycles. The second kappa shape index (κ2) is 9.96. The Labute approximate surface area is 228 Å². The number of hydrazone groups is 1. The van der Waals surface area contributed by atoms with Gasteiger partial charge in [-0.3, -0.25) is 0 Å². The quantitative estimate of drug-likeness (QED) is 0.215. The second-order valence-corrected chi connectivity index (χ2v) is 10.1. The van der Waals surface area contributed by atoms with Gasteiger partial charge in [0.25, 0.3) is 0 Å². The molecule has 5 nitrogen and oxygen atoms in total. The molecule has 1 aromatic heterocycles. The number of methoxy groups -OCH3 is 1. The third-order valence-corrected chi connectivity index (χ3v) is 7.23. The van der Waals surface area contributed by atoms with Crippen LogP contribution in [0.25, 0.3) is 22.2 Å². The predicted molar refractivity (Wildman–Crippen MR) is 153 cm³/mol. The molecule has 1 aliphatic rings. The maximum Gasteiger partial charge on any atom is 0.247 e. The molecule has 0 bridgehead atoms. The highest BCUT2D eigenvalue weighted by atomic mass is 79.9. The Balaban J connectivity index is 1.51. The summed E-state index contributed by atoms with van der Waals surface area (Å²) in [6, 6.07) is 32.1. The lowest BCUT2D eigenvalue weighted by molar-refractivity contribution is 0.415. The van der Waals surface area contributed by atoms with Crippen molar-refractivity contribution in [3.8, 4) is 17.0 Å². The number of benzene rings is 4. The minimum Gasteiger partial charge on any atom is -0.497 e. The van der Waals surface area contributed by atoms with Crippen LogP contribution in [0.3, 0.4) is 0 Å². The van der Waals surface area contributed by atoms with Gasteiger partial charge in [-0.25, -0.2) is 15.0 Å². The molecule has 0 aliphatic carbocycles. The Kier molecular flexibility index (Phi) is 6.37. The van der Waals surface area contributed by atoms with E-state index >= 15 is 0 Å². The molecule has 0 saturated heterocycles. The number of nitrogens with zero attached hydrogens (tertiary/aromatic N) is 4. The Bertz CT molecular complexity index is 1620. The van der Waals surface area contributed by atoms with E-state index in [2.05, 4.69) is 28.1 Å². The van der Waals surface area contributed by atoms with E-state index in [0.29, 0.717) is 11.0 Å². The molecule has 4 aromatic carbocycles. The maximum absolute atomic E-state index is 6.17. The van der Waals surface area contributed by atoms with E-state index in [1.165, 1.54) is 0 Å². The van der Waals surface area contributed by atoms with E-state index in [0.717, 1.165) is 55.6 Å². The van der Waals surface area contributed by atoms with Gasteiger partial charge in [-0.1, -0.05) is 70.0 Å². The number of halogens is 2. The summed E-state index contributed by atoms with van der Waals surface area (Å²) < 4.78 is 6.36. The zero-order valence-corrected chi connectivity index (χ0v) is 22.3. The normalized spacial score (nSPS) is 15.2.